The number of hydrogen-bond acceptors (Lipinski definition) is 2. The molecule has 0 aliphatic carbocycles. The van der Waals surface area contributed by atoms with E-state index < -0.39 is 0 Å². The second kappa shape index (κ2) is 5.23. The Morgan fingerprint density at radius 1 is 1.41 bits per heavy atom. The summed E-state index contributed by atoms with van der Waals surface area (Å²) in [6.07, 6.45) is 5.40. The summed E-state index contributed by atoms with van der Waals surface area (Å²) < 4.78 is 2.10. The summed E-state index contributed by atoms with van der Waals surface area (Å²) in [5.41, 5.74) is 0.807. The van der Waals surface area contributed by atoms with Crippen LogP contribution in [0, 0.1) is 0 Å². The van der Waals surface area contributed by atoms with Gasteiger partial charge in [0.05, 0.1) is 0 Å². The Kier molecular flexibility index (Phi) is 3.69. The summed E-state index contributed by atoms with van der Waals surface area (Å²) in [6, 6.07) is 5.07. The quantitative estimate of drug-likeness (QED) is 0.905. The fraction of sp³-hybridized carbons (Fsp3) is 0.308. The highest BCUT2D eigenvalue weighted by molar-refractivity contribution is 6.30. The van der Waals surface area contributed by atoms with Gasteiger partial charge in [0.1, 0.15) is 11.6 Å². The number of halogens is 1. The van der Waals surface area contributed by atoms with E-state index in [1.54, 1.807) is 24.4 Å². The van der Waals surface area contributed by atoms with E-state index in [2.05, 4.69) is 16.5 Å². The molecule has 17 heavy (non-hydrogen) atoms. The molecule has 0 fully saturated rings. The van der Waals surface area contributed by atoms with Crippen molar-refractivity contribution in [3.63, 3.8) is 0 Å². The van der Waals surface area contributed by atoms with E-state index in [-0.39, 0.29) is 5.75 Å². The molecule has 1 N–H and O–H groups in total. The number of phenolic OH excluding ortho intramolecular Hbond substituents is 1. The molecule has 0 atom stereocenters. The van der Waals surface area contributed by atoms with Gasteiger partial charge in [-0.25, -0.2) is 4.98 Å². The minimum atomic E-state index is 0.264. The van der Waals surface area contributed by atoms with Crippen molar-refractivity contribution in [3.8, 4) is 5.75 Å². The fourth-order valence-corrected chi connectivity index (χ4v) is 2.01. The third-order valence-electron chi connectivity index (χ3n) is 2.66. The molecule has 0 aliphatic heterocycles. The first-order valence-corrected chi connectivity index (χ1v) is 6.06. The van der Waals surface area contributed by atoms with Crippen LogP contribution in [0.1, 0.15) is 24.7 Å². The van der Waals surface area contributed by atoms with Gasteiger partial charge in [0.15, 0.2) is 0 Å². The molecular weight excluding hydrogens is 236 g/mol. The maximum absolute atomic E-state index is 9.76. The summed E-state index contributed by atoms with van der Waals surface area (Å²) in [6.45, 7) is 3.07. The molecule has 3 nitrogen and oxygen atoms in total. The van der Waals surface area contributed by atoms with Gasteiger partial charge in [-0.1, -0.05) is 18.5 Å². The molecule has 1 aromatic heterocycles. The zero-order valence-electron chi connectivity index (χ0n) is 9.73. The summed E-state index contributed by atoms with van der Waals surface area (Å²) in [5, 5.41) is 10.4. The van der Waals surface area contributed by atoms with Crippen LogP contribution in [0.25, 0.3) is 0 Å². The fourth-order valence-electron chi connectivity index (χ4n) is 1.82. The van der Waals surface area contributed by atoms with Gasteiger partial charge in [-0.2, -0.15) is 0 Å². The Balaban J connectivity index is 2.25. The van der Waals surface area contributed by atoms with Crippen molar-refractivity contribution in [2.24, 2.45) is 0 Å². The first kappa shape index (κ1) is 12.0. The molecule has 0 saturated heterocycles. The lowest BCUT2D eigenvalue weighted by Crippen LogP contribution is -2.03. The van der Waals surface area contributed by atoms with E-state index in [1.165, 1.54) is 0 Å². The van der Waals surface area contributed by atoms with Crippen LogP contribution in [-0.4, -0.2) is 14.7 Å². The summed E-state index contributed by atoms with van der Waals surface area (Å²) in [4.78, 5) is 4.31. The van der Waals surface area contributed by atoms with Gasteiger partial charge in [-0.05, 0) is 24.6 Å². The Morgan fingerprint density at radius 2 is 2.24 bits per heavy atom. The second-order valence-electron chi connectivity index (χ2n) is 3.99. The summed E-state index contributed by atoms with van der Waals surface area (Å²) >= 11 is 5.92. The lowest BCUT2D eigenvalue weighted by Gasteiger charge is -2.08. The number of aromatic nitrogens is 2. The van der Waals surface area contributed by atoms with Crippen LogP contribution in [0.15, 0.2) is 30.6 Å². The normalized spacial score (nSPS) is 10.7. The first-order valence-electron chi connectivity index (χ1n) is 5.68. The van der Waals surface area contributed by atoms with Crippen molar-refractivity contribution in [2.75, 3.05) is 0 Å². The number of nitrogens with zero attached hydrogens (tertiary/aromatic N) is 2. The van der Waals surface area contributed by atoms with E-state index in [0.717, 1.165) is 24.4 Å². The lowest BCUT2D eigenvalue weighted by molar-refractivity contribution is 0.468. The molecule has 0 amide bonds. The highest BCUT2D eigenvalue weighted by Crippen LogP contribution is 2.23. The lowest BCUT2D eigenvalue weighted by atomic mass is 10.1. The van der Waals surface area contributed by atoms with Crippen LogP contribution in [-0.2, 0) is 13.0 Å². The first-order chi connectivity index (χ1) is 8.20. The minimum absolute atomic E-state index is 0.264. The van der Waals surface area contributed by atoms with Crippen molar-refractivity contribution in [1.82, 2.24) is 9.55 Å². The Bertz CT molecular complexity index is 508. The van der Waals surface area contributed by atoms with Gasteiger partial charge < -0.3 is 9.67 Å². The van der Waals surface area contributed by atoms with Crippen molar-refractivity contribution >= 4 is 11.6 Å². The molecule has 2 aromatic rings. The number of benzene rings is 1. The number of phenols is 1. The Morgan fingerprint density at radius 3 is 3.00 bits per heavy atom. The molecule has 0 aliphatic rings. The topological polar surface area (TPSA) is 38.0 Å². The molecule has 0 bridgehead atoms. The van der Waals surface area contributed by atoms with Gasteiger partial charge >= 0.3 is 0 Å². The number of aromatic hydroxyl groups is 1. The molecule has 2 rings (SSSR count). The molecule has 1 aromatic carbocycles. The smallest absolute Gasteiger partial charge is 0.119 e. The van der Waals surface area contributed by atoms with Crippen molar-refractivity contribution in [3.05, 3.63) is 47.0 Å². The molecule has 1 heterocycles. The standard InChI is InChI=1S/C13H15ClN2O/c1-2-6-16-7-5-15-13(16)9-10-8-11(14)3-4-12(10)17/h3-5,7-8,17H,2,6,9H2,1H3. The van der Waals surface area contributed by atoms with E-state index in [9.17, 15) is 5.11 Å². The van der Waals surface area contributed by atoms with Crippen LogP contribution < -0.4 is 0 Å². The average Bonchev–Trinajstić information content (AvgIpc) is 2.72. The molecule has 90 valence electrons. The van der Waals surface area contributed by atoms with Crippen LogP contribution in [0.3, 0.4) is 0 Å². The number of hydrogen-bond donors (Lipinski definition) is 1. The third-order valence-corrected chi connectivity index (χ3v) is 2.89. The van der Waals surface area contributed by atoms with Crippen LogP contribution in [0.5, 0.6) is 5.75 Å². The van der Waals surface area contributed by atoms with Crippen molar-refractivity contribution in [2.45, 2.75) is 26.3 Å². The molecule has 0 spiro atoms. The SMILES string of the molecule is CCCn1ccnc1Cc1cc(Cl)ccc1O. The van der Waals surface area contributed by atoms with Gasteiger partial charge in [0, 0.05) is 35.9 Å². The van der Waals surface area contributed by atoms with Gasteiger partial charge in [-0.15, -0.1) is 0 Å². The number of aryl methyl sites for hydroxylation is 1. The Hall–Kier alpha value is -1.48. The Labute approximate surface area is 106 Å². The highest BCUT2D eigenvalue weighted by Gasteiger charge is 2.07. The van der Waals surface area contributed by atoms with Gasteiger partial charge in [0.2, 0.25) is 0 Å². The van der Waals surface area contributed by atoms with Gasteiger partial charge in [0.25, 0.3) is 0 Å². The van der Waals surface area contributed by atoms with E-state index in [0.29, 0.717) is 11.4 Å². The molecule has 0 saturated carbocycles. The van der Waals surface area contributed by atoms with Gasteiger partial charge in [-0.3, -0.25) is 0 Å². The maximum atomic E-state index is 9.76. The molecule has 0 radical (unpaired) electrons. The second-order valence-corrected chi connectivity index (χ2v) is 4.42. The third kappa shape index (κ3) is 2.80. The van der Waals surface area contributed by atoms with Crippen LogP contribution >= 0.6 is 11.6 Å². The van der Waals surface area contributed by atoms with E-state index in [4.69, 9.17) is 11.6 Å². The average molecular weight is 251 g/mol. The van der Waals surface area contributed by atoms with E-state index >= 15 is 0 Å². The largest absolute Gasteiger partial charge is 0.508 e. The monoisotopic (exact) mass is 250 g/mol. The highest BCUT2D eigenvalue weighted by atomic mass is 35.5. The molecular formula is C13H15ClN2O. The number of imidazole rings is 1. The van der Waals surface area contributed by atoms with Crippen molar-refractivity contribution in [1.29, 1.82) is 0 Å². The summed E-state index contributed by atoms with van der Waals surface area (Å²) in [7, 11) is 0. The molecule has 4 heteroatoms. The van der Waals surface area contributed by atoms with Crippen molar-refractivity contribution < 1.29 is 5.11 Å². The zero-order valence-corrected chi connectivity index (χ0v) is 10.5. The minimum Gasteiger partial charge on any atom is -0.508 e. The van der Waals surface area contributed by atoms with E-state index in [1.807, 2.05) is 6.20 Å². The summed E-state index contributed by atoms with van der Waals surface area (Å²) in [5.74, 6) is 1.21. The zero-order chi connectivity index (χ0) is 12.3. The number of rotatable bonds is 4. The predicted molar refractivity (Wildman–Crippen MR) is 68.4 cm³/mol. The van der Waals surface area contributed by atoms with Crippen LogP contribution in [0.4, 0.5) is 0 Å². The maximum Gasteiger partial charge on any atom is 0.119 e. The predicted octanol–water partition coefficient (Wildman–Crippen LogP) is 3.24. The molecule has 0 unspecified atom stereocenters. The van der Waals surface area contributed by atoms with Crippen LogP contribution in [0.2, 0.25) is 5.02 Å².